The molecule has 0 bridgehead atoms. The van der Waals surface area contributed by atoms with Crippen molar-refractivity contribution in [2.75, 3.05) is 20.3 Å². The third kappa shape index (κ3) is 3.53. The minimum Gasteiger partial charge on any atom is -0.478 e. The first-order chi connectivity index (χ1) is 8.06. The maximum absolute atomic E-state index is 11.6. The van der Waals surface area contributed by atoms with Gasteiger partial charge >= 0.3 is 5.97 Å². The molecule has 92 valence electrons. The lowest BCUT2D eigenvalue weighted by Crippen LogP contribution is -2.28. The van der Waals surface area contributed by atoms with E-state index in [4.69, 9.17) is 9.84 Å². The van der Waals surface area contributed by atoms with Crippen LogP contribution in [0.5, 0.6) is 0 Å². The van der Waals surface area contributed by atoms with Gasteiger partial charge in [0.2, 0.25) is 0 Å². The molecule has 6 heteroatoms. The lowest BCUT2D eigenvalue weighted by atomic mass is 10.2. The van der Waals surface area contributed by atoms with Gasteiger partial charge in [-0.1, -0.05) is 0 Å². The number of rotatable bonds is 5. The largest absolute Gasteiger partial charge is 0.478 e. The van der Waals surface area contributed by atoms with Crippen LogP contribution in [0.3, 0.4) is 0 Å². The zero-order chi connectivity index (χ0) is 12.8. The molecule has 6 nitrogen and oxygen atoms in total. The quantitative estimate of drug-likeness (QED) is 0.728. The molecule has 0 radical (unpaired) electrons. The van der Waals surface area contributed by atoms with Crippen LogP contribution in [0, 0.1) is 6.92 Å². The summed E-state index contributed by atoms with van der Waals surface area (Å²) in [5.74, 6) is -1.40. The number of methoxy groups -OCH3 is 1. The second kappa shape index (κ2) is 5.95. The fourth-order valence-electron chi connectivity index (χ4n) is 1.27. The van der Waals surface area contributed by atoms with Crippen LogP contribution in [0.2, 0.25) is 0 Å². The van der Waals surface area contributed by atoms with Crippen LogP contribution >= 0.6 is 0 Å². The Morgan fingerprint density at radius 2 is 2.18 bits per heavy atom. The minimum atomic E-state index is -1.05. The highest BCUT2D eigenvalue weighted by atomic mass is 16.5. The molecule has 0 unspecified atom stereocenters. The number of nitrogens with zero attached hydrogens (tertiary/aromatic N) is 1. The minimum absolute atomic E-state index is 0.0958. The van der Waals surface area contributed by atoms with E-state index < -0.39 is 5.97 Å². The maximum Gasteiger partial charge on any atom is 0.337 e. The summed E-state index contributed by atoms with van der Waals surface area (Å²) in [4.78, 5) is 26.3. The fourth-order valence-corrected chi connectivity index (χ4v) is 1.27. The SMILES string of the molecule is COCCNC(=O)c1ccc(C(=O)O)c(C)n1. The molecule has 17 heavy (non-hydrogen) atoms. The lowest BCUT2D eigenvalue weighted by Gasteiger charge is -2.05. The molecular formula is C11H14N2O4. The van der Waals surface area contributed by atoms with E-state index in [1.165, 1.54) is 19.2 Å². The van der Waals surface area contributed by atoms with Crippen molar-refractivity contribution in [3.8, 4) is 0 Å². The van der Waals surface area contributed by atoms with Crippen molar-refractivity contribution >= 4 is 11.9 Å². The molecule has 0 saturated carbocycles. The monoisotopic (exact) mass is 238 g/mol. The van der Waals surface area contributed by atoms with Crippen LogP contribution < -0.4 is 5.32 Å². The molecule has 0 aliphatic heterocycles. The Balaban J connectivity index is 2.76. The van der Waals surface area contributed by atoms with Crippen LogP contribution in [0.1, 0.15) is 26.5 Å². The van der Waals surface area contributed by atoms with E-state index in [2.05, 4.69) is 10.3 Å². The molecule has 2 N–H and O–H groups in total. The molecule has 1 aromatic heterocycles. The summed E-state index contributed by atoms with van der Waals surface area (Å²) in [5.41, 5.74) is 0.610. The molecule has 0 aliphatic carbocycles. The number of nitrogens with one attached hydrogen (secondary N) is 1. The third-order valence-electron chi connectivity index (χ3n) is 2.14. The van der Waals surface area contributed by atoms with E-state index in [1.807, 2.05) is 0 Å². The topological polar surface area (TPSA) is 88.5 Å². The molecule has 0 atom stereocenters. The standard InChI is InChI=1S/C11H14N2O4/c1-7-8(11(15)16)3-4-9(13-7)10(14)12-5-6-17-2/h3-4H,5-6H2,1-2H3,(H,12,14)(H,15,16). The van der Waals surface area contributed by atoms with Crippen molar-refractivity contribution in [2.24, 2.45) is 0 Å². The number of aromatic nitrogens is 1. The molecule has 0 aliphatic rings. The second-order valence-corrected chi connectivity index (χ2v) is 3.38. The van der Waals surface area contributed by atoms with E-state index in [0.29, 0.717) is 18.8 Å². The average molecular weight is 238 g/mol. The number of amides is 1. The van der Waals surface area contributed by atoms with Gasteiger partial charge in [-0.25, -0.2) is 9.78 Å². The summed E-state index contributed by atoms with van der Waals surface area (Å²) in [7, 11) is 1.54. The Morgan fingerprint density at radius 1 is 1.47 bits per heavy atom. The first-order valence-electron chi connectivity index (χ1n) is 5.04. The first-order valence-corrected chi connectivity index (χ1v) is 5.04. The number of carbonyl (C=O) groups excluding carboxylic acids is 1. The number of ether oxygens (including phenoxy) is 1. The molecule has 1 amide bonds. The number of carboxylic acids is 1. The zero-order valence-electron chi connectivity index (χ0n) is 9.69. The van der Waals surface area contributed by atoms with Gasteiger partial charge in [-0.3, -0.25) is 4.79 Å². The van der Waals surface area contributed by atoms with Gasteiger partial charge in [-0.15, -0.1) is 0 Å². The van der Waals surface area contributed by atoms with E-state index in [-0.39, 0.29) is 17.2 Å². The smallest absolute Gasteiger partial charge is 0.337 e. The summed E-state index contributed by atoms with van der Waals surface area (Å²) < 4.78 is 4.79. The summed E-state index contributed by atoms with van der Waals surface area (Å²) in [5, 5.41) is 11.4. The molecule has 0 aromatic carbocycles. The van der Waals surface area contributed by atoms with Crippen molar-refractivity contribution in [1.29, 1.82) is 0 Å². The normalized spacial score (nSPS) is 10.0. The van der Waals surface area contributed by atoms with Crippen molar-refractivity contribution in [1.82, 2.24) is 10.3 Å². The highest BCUT2D eigenvalue weighted by Crippen LogP contribution is 2.06. The first kappa shape index (κ1) is 13.1. The number of pyridine rings is 1. The van der Waals surface area contributed by atoms with Crippen molar-refractivity contribution in [3.05, 3.63) is 29.1 Å². The number of hydrogen-bond donors (Lipinski definition) is 2. The molecule has 1 rings (SSSR count). The van der Waals surface area contributed by atoms with Crippen molar-refractivity contribution in [3.63, 3.8) is 0 Å². The Hall–Kier alpha value is -1.95. The Bertz CT molecular complexity index is 431. The summed E-state index contributed by atoms with van der Waals surface area (Å²) >= 11 is 0. The third-order valence-corrected chi connectivity index (χ3v) is 2.14. The Morgan fingerprint density at radius 3 is 2.71 bits per heavy atom. The predicted octanol–water partition coefficient (Wildman–Crippen LogP) is 0.464. The van der Waals surface area contributed by atoms with Gasteiger partial charge in [-0.2, -0.15) is 0 Å². The summed E-state index contributed by atoms with van der Waals surface area (Å²) in [6.07, 6.45) is 0. The average Bonchev–Trinajstić information content (AvgIpc) is 2.28. The number of aryl methyl sites for hydroxylation is 1. The highest BCUT2D eigenvalue weighted by Gasteiger charge is 2.12. The van der Waals surface area contributed by atoms with Gasteiger partial charge in [0.1, 0.15) is 5.69 Å². The zero-order valence-corrected chi connectivity index (χ0v) is 9.69. The van der Waals surface area contributed by atoms with Gasteiger partial charge < -0.3 is 15.2 Å². The lowest BCUT2D eigenvalue weighted by molar-refractivity contribution is 0.0694. The van der Waals surface area contributed by atoms with Crippen LogP contribution in [-0.4, -0.2) is 42.2 Å². The highest BCUT2D eigenvalue weighted by molar-refractivity contribution is 5.94. The molecule has 1 aromatic rings. The summed E-state index contributed by atoms with van der Waals surface area (Å²) in [6, 6.07) is 2.76. The van der Waals surface area contributed by atoms with Gasteiger partial charge in [-0.05, 0) is 19.1 Å². The molecular weight excluding hydrogens is 224 g/mol. The van der Waals surface area contributed by atoms with Crippen LogP contribution in [0.4, 0.5) is 0 Å². The maximum atomic E-state index is 11.6. The molecule has 0 saturated heterocycles. The second-order valence-electron chi connectivity index (χ2n) is 3.38. The number of hydrogen-bond acceptors (Lipinski definition) is 4. The van der Waals surface area contributed by atoms with Crippen molar-refractivity contribution < 1.29 is 19.4 Å². The van der Waals surface area contributed by atoms with Crippen LogP contribution in [-0.2, 0) is 4.74 Å². The van der Waals surface area contributed by atoms with Gasteiger partial charge in [0.15, 0.2) is 0 Å². The molecule has 0 fully saturated rings. The predicted molar refractivity (Wildman–Crippen MR) is 60.1 cm³/mol. The van der Waals surface area contributed by atoms with Gasteiger partial charge in [0.05, 0.1) is 17.9 Å². The van der Waals surface area contributed by atoms with Gasteiger partial charge in [0, 0.05) is 13.7 Å². The van der Waals surface area contributed by atoms with E-state index in [1.54, 1.807) is 6.92 Å². The van der Waals surface area contributed by atoms with E-state index in [0.717, 1.165) is 0 Å². The number of aromatic carboxylic acids is 1. The number of carbonyl (C=O) groups is 2. The number of carboxylic acid groups (broad SMARTS) is 1. The fraction of sp³-hybridized carbons (Fsp3) is 0.364. The van der Waals surface area contributed by atoms with E-state index >= 15 is 0 Å². The Kier molecular flexibility index (Phi) is 4.59. The Labute approximate surface area is 98.6 Å². The van der Waals surface area contributed by atoms with E-state index in [9.17, 15) is 9.59 Å². The van der Waals surface area contributed by atoms with Gasteiger partial charge in [0.25, 0.3) is 5.91 Å². The molecule has 0 spiro atoms. The molecule has 1 heterocycles. The van der Waals surface area contributed by atoms with Crippen LogP contribution in [0.25, 0.3) is 0 Å². The summed E-state index contributed by atoms with van der Waals surface area (Å²) in [6.45, 7) is 2.35. The van der Waals surface area contributed by atoms with Crippen molar-refractivity contribution in [2.45, 2.75) is 6.92 Å². The van der Waals surface area contributed by atoms with Crippen LogP contribution in [0.15, 0.2) is 12.1 Å².